The number of carbonyl (C=O) groups is 2. The third-order valence-electron chi connectivity index (χ3n) is 6.31. The SMILES string of the molecule is Cc1oc2ccc(OCc3ccccc3)cc2c1C(=O)Oc1ccc2c(c1)OC(=Cc1ccc(Br)cc1)C2=O. The Morgan fingerprint density at radius 3 is 2.49 bits per heavy atom. The zero-order valence-electron chi connectivity index (χ0n) is 20.8. The Morgan fingerprint density at radius 2 is 1.69 bits per heavy atom. The minimum absolute atomic E-state index is 0.204. The number of fused-ring (bicyclic) bond motifs is 2. The van der Waals surface area contributed by atoms with E-state index in [1.165, 1.54) is 0 Å². The molecule has 0 spiro atoms. The van der Waals surface area contributed by atoms with E-state index in [2.05, 4.69) is 15.9 Å². The Labute approximate surface area is 232 Å². The van der Waals surface area contributed by atoms with Gasteiger partial charge < -0.3 is 18.6 Å². The van der Waals surface area contributed by atoms with Gasteiger partial charge in [0.15, 0.2) is 5.76 Å². The van der Waals surface area contributed by atoms with Crippen LogP contribution in [0.1, 0.15) is 37.6 Å². The number of halogens is 1. The summed E-state index contributed by atoms with van der Waals surface area (Å²) in [6.45, 7) is 2.11. The number of benzene rings is 4. The number of rotatable bonds is 6. The summed E-state index contributed by atoms with van der Waals surface area (Å²) < 4.78 is 24.2. The molecule has 1 aliphatic heterocycles. The first-order chi connectivity index (χ1) is 18.9. The Hall–Kier alpha value is -4.62. The number of furan rings is 1. The lowest BCUT2D eigenvalue weighted by Crippen LogP contribution is -2.09. The van der Waals surface area contributed by atoms with Crippen LogP contribution in [0.4, 0.5) is 0 Å². The van der Waals surface area contributed by atoms with E-state index < -0.39 is 5.97 Å². The first-order valence-electron chi connectivity index (χ1n) is 12.2. The van der Waals surface area contributed by atoms with Gasteiger partial charge in [0.05, 0.1) is 5.56 Å². The van der Waals surface area contributed by atoms with Gasteiger partial charge in [-0.15, -0.1) is 0 Å². The van der Waals surface area contributed by atoms with E-state index in [1.54, 1.807) is 49.4 Å². The minimum Gasteiger partial charge on any atom is -0.489 e. The summed E-state index contributed by atoms with van der Waals surface area (Å²) in [4.78, 5) is 26.1. The lowest BCUT2D eigenvalue weighted by atomic mass is 10.1. The average Bonchev–Trinajstić information content (AvgIpc) is 3.43. The zero-order chi connectivity index (χ0) is 26.9. The largest absolute Gasteiger partial charge is 0.489 e. The maximum atomic E-state index is 13.3. The van der Waals surface area contributed by atoms with Crippen LogP contribution in [0, 0.1) is 6.92 Å². The fraction of sp³-hybridized carbons (Fsp3) is 0.0625. The van der Waals surface area contributed by atoms with E-state index in [0.717, 1.165) is 15.6 Å². The maximum Gasteiger partial charge on any atom is 0.347 e. The van der Waals surface area contributed by atoms with Gasteiger partial charge in [-0.05, 0) is 66.6 Å². The number of ketones is 1. The van der Waals surface area contributed by atoms with Crippen molar-refractivity contribution in [1.82, 2.24) is 0 Å². The number of allylic oxidation sites excluding steroid dienone is 1. The summed E-state index contributed by atoms with van der Waals surface area (Å²) in [6, 6.07) is 27.4. The van der Waals surface area contributed by atoms with Gasteiger partial charge >= 0.3 is 5.97 Å². The second kappa shape index (κ2) is 10.3. The van der Waals surface area contributed by atoms with Crippen LogP contribution < -0.4 is 14.2 Å². The number of esters is 1. The molecule has 1 aromatic heterocycles. The van der Waals surface area contributed by atoms with Crippen molar-refractivity contribution >= 4 is 44.7 Å². The summed E-state index contributed by atoms with van der Waals surface area (Å²) >= 11 is 3.40. The van der Waals surface area contributed by atoms with Crippen LogP contribution in [0.25, 0.3) is 17.0 Å². The molecule has 6 nitrogen and oxygen atoms in total. The van der Waals surface area contributed by atoms with E-state index in [-0.39, 0.29) is 17.3 Å². The zero-order valence-corrected chi connectivity index (χ0v) is 22.4. The highest BCUT2D eigenvalue weighted by Crippen LogP contribution is 2.36. The van der Waals surface area contributed by atoms with Crippen LogP contribution in [0.5, 0.6) is 17.2 Å². The van der Waals surface area contributed by atoms with Crippen molar-refractivity contribution in [3.63, 3.8) is 0 Å². The van der Waals surface area contributed by atoms with Crippen molar-refractivity contribution in [3.05, 3.63) is 129 Å². The average molecular weight is 581 g/mol. The quantitative estimate of drug-likeness (QED) is 0.115. The molecular formula is C32H21BrO6. The number of hydrogen-bond acceptors (Lipinski definition) is 6. The highest BCUT2D eigenvalue weighted by molar-refractivity contribution is 9.10. The van der Waals surface area contributed by atoms with Crippen molar-refractivity contribution in [2.75, 3.05) is 0 Å². The van der Waals surface area contributed by atoms with Crippen LogP contribution in [-0.2, 0) is 6.61 Å². The van der Waals surface area contributed by atoms with Crippen LogP contribution in [0.2, 0.25) is 0 Å². The Kier molecular flexibility index (Phi) is 6.50. The Balaban J connectivity index is 1.21. The molecule has 0 aliphatic carbocycles. The second-order valence-electron chi connectivity index (χ2n) is 9.00. The van der Waals surface area contributed by atoms with Crippen molar-refractivity contribution < 1.29 is 28.2 Å². The first kappa shape index (κ1) is 24.7. The van der Waals surface area contributed by atoms with Gasteiger partial charge in [0.25, 0.3) is 0 Å². The summed E-state index contributed by atoms with van der Waals surface area (Å²) in [6.07, 6.45) is 1.68. The second-order valence-corrected chi connectivity index (χ2v) is 9.92. The molecular weight excluding hydrogens is 560 g/mol. The number of hydrogen-bond donors (Lipinski definition) is 0. The molecule has 4 aromatic carbocycles. The molecule has 39 heavy (non-hydrogen) atoms. The lowest BCUT2D eigenvalue weighted by molar-refractivity contribution is 0.0734. The third-order valence-corrected chi connectivity index (χ3v) is 6.84. The van der Waals surface area contributed by atoms with Crippen molar-refractivity contribution in [1.29, 1.82) is 0 Å². The molecule has 5 aromatic rings. The Bertz CT molecular complexity index is 1750. The first-order valence-corrected chi connectivity index (χ1v) is 13.0. The number of carbonyl (C=O) groups excluding carboxylic acids is 2. The molecule has 0 unspecified atom stereocenters. The highest BCUT2D eigenvalue weighted by atomic mass is 79.9. The van der Waals surface area contributed by atoms with E-state index in [0.29, 0.717) is 46.0 Å². The van der Waals surface area contributed by atoms with Crippen molar-refractivity contribution in [3.8, 4) is 17.2 Å². The molecule has 2 heterocycles. The van der Waals surface area contributed by atoms with E-state index in [9.17, 15) is 9.59 Å². The van der Waals surface area contributed by atoms with Gasteiger partial charge in [-0.1, -0.05) is 58.4 Å². The molecule has 0 atom stereocenters. The maximum absolute atomic E-state index is 13.3. The molecule has 0 saturated carbocycles. The third kappa shape index (κ3) is 5.09. The van der Waals surface area contributed by atoms with Gasteiger partial charge in [0.2, 0.25) is 5.78 Å². The van der Waals surface area contributed by atoms with Crippen LogP contribution in [-0.4, -0.2) is 11.8 Å². The summed E-state index contributed by atoms with van der Waals surface area (Å²) in [5, 5.41) is 0.593. The molecule has 192 valence electrons. The molecule has 0 fully saturated rings. The van der Waals surface area contributed by atoms with E-state index in [1.807, 2.05) is 54.6 Å². The van der Waals surface area contributed by atoms with Crippen LogP contribution >= 0.6 is 15.9 Å². The van der Waals surface area contributed by atoms with Gasteiger partial charge in [0.1, 0.15) is 40.8 Å². The standard InChI is InChI=1S/C32H21BrO6/c1-19-30(26-16-23(12-14-27(26)37-19)36-18-21-5-3-2-4-6-21)32(35)38-24-11-13-25-28(17-24)39-29(31(25)34)15-20-7-9-22(33)10-8-20/h2-17H,18H2,1H3. The molecule has 6 rings (SSSR count). The van der Waals surface area contributed by atoms with E-state index >= 15 is 0 Å². The Morgan fingerprint density at radius 1 is 0.923 bits per heavy atom. The molecule has 7 heteroatoms. The van der Waals surface area contributed by atoms with Crippen LogP contribution in [0.3, 0.4) is 0 Å². The predicted molar refractivity (Wildman–Crippen MR) is 150 cm³/mol. The number of ether oxygens (including phenoxy) is 3. The van der Waals surface area contributed by atoms with Gasteiger partial charge in [-0.3, -0.25) is 4.79 Å². The monoisotopic (exact) mass is 580 g/mol. The van der Waals surface area contributed by atoms with Gasteiger partial charge in [-0.25, -0.2) is 4.79 Å². The smallest absolute Gasteiger partial charge is 0.347 e. The molecule has 1 aliphatic rings. The molecule has 0 radical (unpaired) electrons. The topological polar surface area (TPSA) is 75.0 Å². The highest BCUT2D eigenvalue weighted by Gasteiger charge is 2.28. The lowest BCUT2D eigenvalue weighted by Gasteiger charge is -2.07. The predicted octanol–water partition coefficient (Wildman–Crippen LogP) is 7.92. The molecule has 0 amide bonds. The molecule has 0 bridgehead atoms. The van der Waals surface area contributed by atoms with E-state index in [4.69, 9.17) is 18.6 Å². The number of aryl methyl sites for hydroxylation is 1. The van der Waals surface area contributed by atoms with Gasteiger partial charge in [-0.2, -0.15) is 0 Å². The fourth-order valence-corrected chi connectivity index (χ4v) is 4.65. The summed E-state index contributed by atoms with van der Waals surface area (Å²) in [7, 11) is 0. The minimum atomic E-state index is -0.582. The molecule has 0 N–H and O–H groups in total. The van der Waals surface area contributed by atoms with Crippen molar-refractivity contribution in [2.24, 2.45) is 0 Å². The van der Waals surface area contributed by atoms with Crippen LogP contribution in [0.15, 0.2) is 106 Å². The van der Waals surface area contributed by atoms with Gasteiger partial charge in [0, 0.05) is 15.9 Å². The van der Waals surface area contributed by atoms with Crippen molar-refractivity contribution in [2.45, 2.75) is 13.5 Å². The summed E-state index contributed by atoms with van der Waals surface area (Å²) in [5.41, 5.74) is 3.13. The normalized spacial score (nSPS) is 13.4. The summed E-state index contributed by atoms with van der Waals surface area (Å²) in [5.74, 6) is 1.02. The fourth-order valence-electron chi connectivity index (χ4n) is 4.38. The molecule has 0 saturated heterocycles. The number of Topliss-reactive ketones (excluding diaryl/α,β-unsaturated/α-hetero) is 1.